The first-order valence-corrected chi connectivity index (χ1v) is 15.4. The van der Waals surface area contributed by atoms with E-state index in [1.807, 2.05) is 24.0 Å². The number of hydrogen-bond acceptors (Lipinski definition) is 10. The van der Waals surface area contributed by atoms with Crippen LogP contribution in [0, 0.1) is 17.2 Å². The molecule has 11 nitrogen and oxygen atoms in total. The second-order valence-corrected chi connectivity index (χ2v) is 11.1. The smallest absolute Gasteiger partial charge is 0.356 e. The molecule has 1 N–H and O–H groups in total. The lowest BCUT2D eigenvalue weighted by Crippen LogP contribution is -2.57. The number of carbonyl (C=O) groups is 2. The number of halogens is 3. The molecule has 0 radical (unpaired) electrons. The van der Waals surface area contributed by atoms with E-state index in [1.54, 1.807) is 23.1 Å². The van der Waals surface area contributed by atoms with Crippen LogP contribution in [0.25, 0.3) is 0 Å². The molecular formula is C29H35F3N6O5S. The van der Waals surface area contributed by atoms with E-state index < -0.39 is 28.7 Å². The molecule has 0 aliphatic carbocycles. The number of benzene rings is 1. The molecule has 1 amide bonds. The zero-order valence-electron chi connectivity index (χ0n) is 24.3. The average molecular weight is 637 g/mol. The first-order valence-electron chi connectivity index (χ1n) is 14.4. The molecule has 15 heteroatoms. The Hall–Kier alpha value is -4.06. The van der Waals surface area contributed by atoms with Crippen LogP contribution in [0.2, 0.25) is 0 Å². The van der Waals surface area contributed by atoms with Crippen LogP contribution in [0.5, 0.6) is 0 Å². The Balaban J connectivity index is 0.00000124. The molecule has 238 valence electrons. The Bertz CT molecular complexity index is 1430. The predicted octanol–water partition coefficient (Wildman–Crippen LogP) is 3.67. The Morgan fingerprint density at radius 1 is 1.05 bits per heavy atom. The predicted molar refractivity (Wildman–Crippen MR) is 154 cm³/mol. The fraction of sp³-hybridized carbons (Fsp3) is 0.552. The Morgan fingerprint density at radius 3 is 2.23 bits per heavy atom. The molecule has 0 saturated carbocycles. The fourth-order valence-electron chi connectivity index (χ4n) is 5.20. The maximum Gasteiger partial charge on any atom is 0.451 e. The molecule has 2 aliphatic rings. The van der Waals surface area contributed by atoms with E-state index in [2.05, 4.69) is 21.4 Å². The molecule has 0 bridgehead atoms. The zero-order chi connectivity index (χ0) is 32.3. The molecule has 2 saturated heterocycles. The van der Waals surface area contributed by atoms with Gasteiger partial charge in [0.15, 0.2) is 0 Å². The van der Waals surface area contributed by atoms with Gasteiger partial charge in [-0.25, -0.2) is 9.97 Å². The summed E-state index contributed by atoms with van der Waals surface area (Å²) in [6, 6.07) is 10.1. The third kappa shape index (κ3) is 10.3. The van der Waals surface area contributed by atoms with Gasteiger partial charge in [0.05, 0.1) is 11.6 Å². The number of Topliss-reactive ketones (excluding diaryl/α,β-unsaturated/α-hetero) is 1. The number of carbonyl (C=O) groups excluding carboxylic acids is 2. The van der Waals surface area contributed by atoms with Crippen molar-refractivity contribution < 1.29 is 35.4 Å². The number of amides is 1. The zero-order valence-corrected chi connectivity index (χ0v) is 25.2. The summed E-state index contributed by atoms with van der Waals surface area (Å²) >= 11 is 0. The minimum Gasteiger partial charge on any atom is -0.356 e. The number of anilines is 2. The van der Waals surface area contributed by atoms with Gasteiger partial charge in [0.25, 0.3) is 0 Å². The van der Waals surface area contributed by atoms with Crippen molar-refractivity contribution in [2.24, 2.45) is 5.92 Å². The maximum absolute atomic E-state index is 13.7. The second kappa shape index (κ2) is 16.1. The topological polar surface area (TPSA) is 153 Å². The van der Waals surface area contributed by atoms with Crippen molar-refractivity contribution >= 4 is 33.9 Å². The van der Waals surface area contributed by atoms with Gasteiger partial charge in [0, 0.05) is 45.1 Å². The Morgan fingerprint density at radius 2 is 1.68 bits per heavy atom. The number of alkyl halides is 3. The molecule has 3 heterocycles. The van der Waals surface area contributed by atoms with Crippen molar-refractivity contribution in [3.63, 3.8) is 0 Å². The van der Waals surface area contributed by atoms with Crippen LogP contribution >= 0.6 is 0 Å². The molecule has 0 unspecified atom stereocenters. The monoisotopic (exact) mass is 636 g/mol. The molecular weight excluding hydrogens is 601 g/mol. The molecule has 1 aromatic carbocycles. The summed E-state index contributed by atoms with van der Waals surface area (Å²) in [6.45, 7) is 3.83. The SMILES string of the molecule is CCC(=O)CCCC1CCN(c2cc(N3CC[C@H]3C(=O)NCCc3ccc(C#N)cc3)nc(C(F)(F)F)n2)CC1.O=S(=O)=O. The molecule has 0 spiro atoms. The maximum atomic E-state index is 13.7. The number of nitriles is 1. The van der Waals surface area contributed by atoms with Gasteiger partial charge in [-0.05, 0) is 62.1 Å². The van der Waals surface area contributed by atoms with E-state index in [0.717, 1.165) is 31.2 Å². The number of hydrogen-bond donors (Lipinski definition) is 1. The number of nitrogens with one attached hydrogen (secondary N) is 1. The van der Waals surface area contributed by atoms with Gasteiger partial charge in [0.2, 0.25) is 11.7 Å². The highest BCUT2D eigenvalue weighted by atomic mass is 32.2. The van der Waals surface area contributed by atoms with Gasteiger partial charge in [-0.2, -0.15) is 18.4 Å². The summed E-state index contributed by atoms with van der Waals surface area (Å²) in [6.07, 6.45) is 0.967. The molecule has 2 fully saturated rings. The first kappa shape index (κ1) is 34.4. The second-order valence-electron chi connectivity index (χ2n) is 10.7. The van der Waals surface area contributed by atoms with Gasteiger partial charge >= 0.3 is 16.8 Å². The minimum absolute atomic E-state index is 0.107. The van der Waals surface area contributed by atoms with Crippen LogP contribution in [0.3, 0.4) is 0 Å². The normalized spacial score (nSPS) is 16.7. The third-order valence-corrected chi connectivity index (χ3v) is 7.77. The molecule has 2 aliphatic heterocycles. The van der Waals surface area contributed by atoms with E-state index in [-0.39, 0.29) is 23.3 Å². The van der Waals surface area contributed by atoms with E-state index in [9.17, 15) is 22.8 Å². The quantitative estimate of drug-likeness (QED) is 0.387. The van der Waals surface area contributed by atoms with Crippen molar-refractivity contribution in [3.8, 4) is 6.07 Å². The molecule has 1 aromatic heterocycles. The molecule has 2 aromatic rings. The van der Waals surface area contributed by atoms with Crippen molar-refractivity contribution in [2.45, 2.75) is 70.5 Å². The summed E-state index contributed by atoms with van der Waals surface area (Å²) in [4.78, 5) is 35.5. The highest BCUT2D eigenvalue weighted by Crippen LogP contribution is 2.34. The average Bonchev–Trinajstić information content (AvgIpc) is 2.96. The lowest BCUT2D eigenvalue weighted by molar-refractivity contribution is -0.144. The number of piperidine rings is 1. The third-order valence-electron chi connectivity index (χ3n) is 7.77. The van der Waals surface area contributed by atoms with Gasteiger partial charge in [-0.15, -0.1) is 12.6 Å². The van der Waals surface area contributed by atoms with Crippen LogP contribution in [-0.2, 0) is 32.8 Å². The van der Waals surface area contributed by atoms with Gasteiger partial charge < -0.3 is 15.1 Å². The van der Waals surface area contributed by atoms with E-state index in [1.165, 1.54) is 0 Å². The van der Waals surface area contributed by atoms with Crippen LogP contribution in [0.15, 0.2) is 30.3 Å². The highest BCUT2D eigenvalue weighted by Gasteiger charge is 2.40. The largest absolute Gasteiger partial charge is 0.451 e. The summed E-state index contributed by atoms with van der Waals surface area (Å²) in [7, 11) is -3.11. The number of nitrogens with zero attached hydrogens (tertiary/aromatic N) is 5. The summed E-state index contributed by atoms with van der Waals surface area (Å²) in [5.74, 6) is -0.421. The minimum atomic E-state index is -4.71. The lowest BCUT2D eigenvalue weighted by Gasteiger charge is -2.41. The highest BCUT2D eigenvalue weighted by molar-refractivity contribution is 7.59. The van der Waals surface area contributed by atoms with Crippen LogP contribution in [0.1, 0.15) is 68.8 Å². The van der Waals surface area contributed by atoms with E-state index in [0.29, 0.717) is 63.3 Å². The summed E-state index contributed by atoms with van der Waals surface area (Å²) in [5, 5.41) is 11.8. The lowest BCUT2D eigenvalue weighted by atomic mass is 9.91. The summed E-state index contributed by atoms with van der Waals surface area (Å²) < 4.78 is 66.6. The molecule has 44 heavy (non-hydrogen) atoms. The molecule has 4 rings (SSSR count). The van der Waals surface area contributed by atoms with E-state index in [4.69, 9.17) is 17.9 Å². The van der Waals surface area contributed by atoms with Gasteiger partial charge in [0.1, 0.15) is 23.5 Å². The van der Waals surface area contributed by atoms with Gasteiger partial charge in [-0.1, -0.05) is 19.1 Å². The number of aromatic nitrogens is 2. The van der Waals surface area contributed by atoms with Crippen LogP contribution in [0.4, 0.5) is 24.8 Å². The van der Waals surface area contributed by atoms with Crippen molar-refractivity contribution in [1.29, 1.82) is 5.26 Å². The fourth-order valence-corrected chi connectivity index (χ4v) is 5.20. The molecule has 1 atom stereocenters. The van der Waals surface area contributed by atoms with E-state index >= 15 is 0 Å². The summed E-state index contributed by atoms with van der Waals surface area (Å²) in [5.41, 5.74) is 1.53. The Kier molecular flexibility index (Phi) is 12.6. The van der Waals surface area contributed by atoms with Crippen molar-refractivity contribution in [2.75, 3.05) is 36.0 Å². The Labute approximate surface area is 255 Å². The van der Waals surface area contributed by atoms with Crippen LogP contribution < -0.4 is 15.1 Å². The van der Waals surface area contributed by atoms with Crippen LogP contribution in [-0.4, -0.2) is 66.5 Å². The number of ketones is 1. The standard InChI is InChI=1S/C29H35F3N6O2.O3S/c1-2-23(39)5-3-4-20-11-15-37(16-12-20)25-18-26(36-28(35-25)29(30,31)32)38-17-13-24(38)27(40)34-14-10-21-6-8-22(19-33)9-7-21;1-4(2)3/h6-9,18,20,24H,2-5,10-17H2,1H3,(H,34,40);/t24-;/m0./s1. The van der Waals surface area contributed by atoms with Crippen molar-refractivity contribution in [1.82, 2.24) is 15.3 Å². The number of rotatable bonds is 11. The van der Waals surface area contributed by atoms with Crippen molar-refractivity contribution in [3.05, 3.63) is 47.3 Å². The van der Waals surface area contributed by atoms with Gasteiger partial charge in [-0.3, -0.25) is 9.59 Å². The first-order chi connectivity index (χ1) is 20.9.